The molecule has 0 bridgehead atoms. The first-order valence-corrected chi connectivity index (χ1v) is 6.11. The highest BCUT2D eigenvalue weighted by Crippen LogP contribution is 2.25. The Morgan fingerprint density at radius 3 is 2.50 bits per heavy atom. The molecule has 100 valence electrons. The maximum absolute atomic E-state index is 8.64. The normalized spacial score (nSPS) is 12.6. The van der Waals surface area contributed by atoms with Crippen LogP contribution in [0.15, 0.2) is 23.4 Å². The van der Waals surface area contributed by atoms with Gasteiger partial charge in [0, 0.05) is 24.8 Å². The van der Waals surface area contributed by atoms with Crippen molar-refractivity contribution in [3.63, 3.8) is 0 Å². The van der Waals surface area contributed by atoms with Gasteiger partial charge in [0.05, 0.1) is 5.02 Å². The lowest BCUT2D eigenvalue weighted by Crippen LogP contribution is -2.29. The van der Waals surface area contributed by atoms with E-state index in [9.17, 15) is 0 Å². The fraction of sp³-hybridized carbons (Fsp3) is 0.462. The minimum absolute atomic E-state index is 0.0185. The minimum atomic E-state index is 0.0185. The van der Waals surface area contributed by atoms with Crippen molar-refractivity contribution < 1.29 is 5.21 Å². The average Bonchev–Trinajstić information content (AvgIpc) is 2.25. The average molecular weight is 270 g/mol. The highest BCUT2D eigenvalue weighted by Gasteiger charge is 2.15. The zero-order valence-electron chi connectivity index (χ0n) is 11.2. The molecule has 0 saturated heterocycles. The highest BCUT2D eigenvalue weighted by atomic mass is 35.5. The Hall–Kier alpha value is -1.42. The van der Waals surface area contributed by atoms with Crippen molar-refractivity contribution in [3.05, 3.63) is 28.8 Å². The maximum Gasteiger partial charge on any atom is 0.171 e. The fourth-order valence-corrected chi connectivity index (χ4v) is 2.08. The van der Waals surface area contributed by atoms with E-state index in [0.717, 1.165) is 12.2 Å². The van der Waals surface area contributed by atoms with Gasteiger partial charge in [-0.3, -0.25) is 0 Å². The summed E-state index contributed by atoms with van der Waals surface area (Å²) in [6.07, 6.45) is 0. The van der Waals surface area contributed by atoms with Crippen molar-refractivity contribution in [2.75, 3.05) is 18.5 Å². The Bertz CT molecular complexity index is 452. The standard InChI is InChI=1S/C13H20ClN3O/c1-13(2,3)8-17(4)9-5-6-10(11(14)7-9)12(15)16-18/h5-7,18H,8H2,1-4H3,(H2,15,16). The molecule has 18 heavy (non-hydrogen) atoms. The summed E-state index contributed by atoms with van der Waals surface area (Å²) in [5.41, 5.74) is 7.26. The van der Waals surface area contributed by atoms with Crippen molar-refractivity contribution in [2.45, 2.75) is 20.8 Å². The van der Waals surface area contributed by atoms with E-state index in [1.165, 1.54) is 0 Å². The molecule has 5 heteroatoms. The summed E-state index contributed by atoms with van der Waals surface area (Å²) in [7, 11) is 2.01. The molecule has 0 spiro atoms. The molecule has 1 aromatic carbocycles. The van der Waals surface area contributed by atoms with Crippen LogP contribution in [-0.4, -0.2) is 24.6 Å². The zero-order chi connectivity index (χ0) is 13.9. The largest absolute Gasteiger partial charge is 0.409 e. The lowest BCUT2D eigenvalue weighted by Gasteiger charge is -2.28. The molecule has 0 saturated carbocycles. The third-order valence-corrected chi connectivity index (χ3v) is 2.80. The number of halogens is 1. The number of oxime groups is 1. The smallest absolute Gasteiger partial charge is 0.171 e. The molecule has 1 aromatic rings. The van der Waals surface area contributed by atoms with Gasteiger partial charge in [-0.15, -0.1) is 0 Å². The van der Waals surface area contributed by atoms with Crippen LogP contribution in [0.5, 0.6) is 0 Å². The molecule has 1 rings (SSSR count). The molecule has 0 unspecified atom stereocenters. The van der Waals surface area contributed by atoms with E-state index in [4.69, 9.17) is 22.5 Å². The first kappa shape index (κ1) is 14.6. The van der Waals surface area contributed by atoms with Gasteiger partial charge < -0.3 is 15.8 Å². The van der Waals surface area contributed by atoms with Gasteiger partial charge in [-0.2, -0.15) is 0 Å². The molecule has 0 fully saturated rings. The number of benzene rings is 1. The Balaban J connectivity index is 2.98. The second kappa shape index (κ2) is 5.48. The monoisotopic (exact) mass is 269 g/mol. The van der Waals surface area contributed by atoms with Crippen molar-refractivity contribution in [1.82, 2.24) is 0 Å². The molecule has 0 aliphatic rings. The lowest BCUT2D eigenvalue weighted by atomic mass is 9.96. The van der Waals surface area contributed by atoms with E-state index >= 15 is 0 Å². The fourth-order valence-electron chi connectivity index (χ4n) is 1.81. The molecular weight excluding hydrogens is 250 g/mol. The number of anilines is 1. The van der Waals surface area contributed by atoms with E-state index in [1.807, 2.05) is 19.2 Å². The van der Waals surface area contributed by atoms with Gasteiger partial charge in [0.25, 0.3) is 0 Å². The number of nitrogens with zero attached hydrogens (tertiary/aromatic N) is 2. The summed E-state index contributed by atoms with van der Waals surface area (Å²) in [5, 5.41) is 12.1. The van der Waals surface area contributed by atoms with Crippen LogP contribution in [0, 0.1) is 5.41 Å². The maximum atomic E-state index is 8.64. The van der Waals surface area contributed by atoms with Crippen molar-refractivity contribution in [3.8, 4) is 0 Å². The van der Waals surface area contributed by atoms with Crippen LogP contribution in [0.3, 0.4) is 0 Å². The van der Waals surface area contributed by atoms with Crippen molar-refractivity contribution in [2.24, 2.45) is 16.3 Å². The summed E-state index contributed by atoms with van der Waals surface area (Å²) < 4.78 is 0. The van der Waals surface area contributed by atoms with Crippen molar-refractivity contribution >= 4 is 23.1 Å². The summed E-state index contributed by atoms with van der Waals surface area (Å²) in [4.78, 5) is 2.13. The second-order valence-corrected chi connectivity index (χ2v) is 5.97. The molecule has 0 amide bonds. The van der Waals surface area contributed by atoms with Gasteiger partial charge in [0.2, 0.25) is 0 Å². The lowest BCUT2D eigenvalue weighted by molar-refractivity contribution is 0.318. The van der Waals surface area contributed by atoms with Crippen LogP contribution in [0.4, 0.5) is 5.69 Å². The first-order chi connectivity index (χ1) is 8.24. The topological polar surface area (TPSA) is 61.8 Å². The van der Waals surface area contributed by atoms with E-state index < -0.39 is 0 Å². The van der Waals surface area contributed by atoms with Gasteiger partial charge in [0.15, 0.2) is 5.84 Å². The summed E-state index contributed by atoms with van der Waals surface area (Å²) >= 11 is 6.12. The van der Waals surface area contributed by atoms with Crippen LogP contribution >= 0.6 is 11.6 Å². The van der Waals surface area contributed by atoms with Crippen molar-refractivity contribution in [1.29, 1.82) is 0 Å². The van der Waals surface area contributed by atoms with Gasteiger partial charge in [-0.1, -0.05) is 37.5 Å². The van der Waals surface area contributed by atoms with Gasteiger partial charge in [-0.25, -0.2) is 0 Å². The number of nitrogens with two attached hydrogens (primary N) is 1. The molecule has 4 nitrogen and oxygen atoms in total. The van der Waals surface area contributed by atoms with E-state index in [2.05, 4.69) is 30.8 Å². The second-order valence-electron chi connectivity index (χ2n) is 5.57. The zero-order valence-corrected chi connectivity index (χ0v) is 12.0. The summed E-state index contributed by atoms with van der Waals surface area (Å²) in [6.45, 7) is 7.44. The van der Waals surface area contributed by atoms with Crippen LogP contribution in [-0.2, 0) is 0 Å². The third-order valence-electron chi connectivity index (χ3n) is 2.49. The van der Waals surface area contributed by atoms with Crippen LogP contribution < -0.4 is 10.6 Å². The van der Waals surface area contributed by atoms with E-state index in [0.29, 0.717) is 10.6 Å². The highest BCUT2D eigenvalue weighted by molar-refractivity contribution is 6.34. The van der Waals surface area contributed by atoms with E-state index in [-0.39, 0.29) is 11.3 Å². The SMILES string of the molecule is CN(CC(C)(C)C)c1ccc(C(N)=NO)c(Cl)c1. The van der Waals surface area contributed by atoms with Gasteiger partial charge >= 0.3 is 0 Å². The summed E-state index contributed by atoms with van der Waals surface area (Å²) in [5.74, 6) is 0.0185. The quantitative estimate of drug-likeness (QED) is 0.384. The number of hydrogen-bond acceptors (Lipinski definition) is 3. The molecule has 0 radical (unpaired) electrons. The number of rotatable bonds is 3. The van der Waals surface area contributed by atoms with E-state index in [1.54, 1.807) is 6.07 Å². The summed E-state index contributed by atoms with van der Waals surface area (Å²) in [6, 6.07) is 5.48. The molecular formula is C13H20ClN3O. The Kier molecular flexibility index (Phi) is 4.46. The number of hydrogen-bond donors (Lipinski definition) is 2. The molecule has 0 aromatic heterocycles. The predicted molar refractivity (Wildman–Crippen MR) is 76.7 cm³/mol. The van der Waals surface area contributed by atoms with Crippen LogP contribution in [0.1, 0.15) is 26.3 Å². The van der Waals surface area contributed by atoms with Crippen LogP contribution in [0.25, 0.3) is 0 Å². The first-order valence-electron chi connectivity index (χ1n) is 5.73. The van der Waals surface area contributed by atoms with Crippen LogP contribution in [0.2, 0.25) is 5.02 Å². The Morgan fingerprint density at radius 2 is 2.06 bits per heavy atom. The molecule has 3 N–H and O–H groups in total. The predicted octanol–water partition coefficient (Wildman–Crippen LogP) is 2.92. The minimum Gasteiger partial charge on any atom is -0.409 e. The third kappa shape index (κ3) is 3.81. The molecule has 0 aliphatic carbocycles. The molecule has 0 heterocycles. The van der Waals surface area contributed by atoms with Gasteiger partial charge in [0.1, 0.15) is 0 Å². The Morgan fingerprint density at radius 1 is 1.44 bits per heavy atom. The number of amidine groups is 1. The molecule has 0 atom stereocenters. The Labute approximate surface area is 113 Å². The molecule has 0 aliphatic heterocycles. The van der Waals surface area contributed by atoms with Gasteiger partial charge in [-0.05, 0) is 23.6 Å².